The second-order valence-electron chi connectivity index (χ2n) is 8.80. The van der Waals surface area contributed by atoms with Crippen molar-refractivity contribution in [3.8, 4) is 11.8 Å². The van der Waals surface area contributed by atoms with Crippen molar-refractivity contribution in [3.05, 3.63) is 94.4 Å². The fraction of sp³-hybridized carbons (Fsp3) is 0.214. The standard InChI is InChI=1S/C28H26N4O3S/c1-18-6-8-20(9-7-18)32-25(33)13-11-22(26(32)24-5-3-16-36-24)27(34)31-23-12-10-21(17-19(23)2)35-28-29-14-4-15-30-28/h3-10,12,14-17,22,26H,11,13H2,1-2H3,(H,31,34). The van der Waals surface area contributed by atoms with Gasteiger partial charge in [0, 0.05) is 35.1 Å². The number of amides is 2. The van der Waals surface area contributed by atoms with Crippen LogP contribution in [0, 0.1) is 19.8 Å². The maximum absolute atomic E-state index is 13.6. The van der Waals surface area contributed by atoms with Crippen molar-refractivity contribution >= 4 is 34.5 Å². The molecule has 5 rings (SSSR count). The molecule has 1 N–H and O–H groups in total. The maximum atomic E-state index is 13.6. The molecule has 2 aromatic carbocycles. The summed E-state index contributed by atoms with van der Waals surface area (Å²) in [5.41, 5.74) is 3.48. The minimum Gasteiger partial charge on any atom is -0.424 e. The minimum absolute atomic E-state index is 0.0297. The molecular weight excluding hydrogens is 472 g/mol. The highest BCUT2D eigenvalue weighted by atomic mass is 32.1. The summed E-state index contributed by atoms with van der Waals surface area (Å²) in [5, 5.41) is 5.08. The summed E-state index contributed by atoms with van der Waals surface area (Å²) >= 11 is 1.56. The predicted octanol–water partition coefficient (Wildman–Crippen LogP) is 6.07. The van der Waals surface area contributed by atoms with Crippen LogP contribution in [0.25, 0.3) is 0 Å². The first-order valence-electron chi connectivity index (χ1n) is 11.8. The molecule has 1 fully saturated rings. The number of anilines is 2. The molecule has 182 valence electrons. The third kappa shape index (κ3) is 4.99. The second kappa shape index (κ2) is 10.3. The Labute approximate surface area is 213 Å². The van der Waals surface area contributed by atoms with E-state index in [1.54, 1.807) is 40.8 Å². The van der Waals surface area contributed by atoms with E-state index >= 15 is 0 Å². The molecule has 36 heavy (non-hydrogen) atoms. The van der Waals surface area contributed by atoms with Crippen LogP contribution < -0.4 is 15.0 Å². The third-order valence-corrected chi connectivity index (χ3v) is 7.23. The van der Waals surface area contributed by atoms with Crippen LogP contribution in [0.3, 0.4) is 0 Å². The van der Waals surface area contributed by atoms with Gasteiger partial charge in [-0.3, -0.25) is 9.59 Å². The van der Waals surface area contributed by atoms with Crippen molar-refractivity contribution in [2.75, 3.05) is 10.2 Å². The molecule has 0 radical (unpaired) electrons. The van der Waals surface area contributed by atoms with E-state index in [0.717, 1.165) is 21.7 Å². The van der Waals surface area contributed by atoms with Crippen LogP contribution in [0.5, 0.6) is 11.8 Å². The number of benzene rings is 2. The van der Waals surface area contributed by atoms with Gasteiger partial charge < -0.3 is 15.0 Å². The van der Waals surface area contributed by atoms with E-state index in [0.29, 0.717) is 24.3 Å². The zero-order valence-corrected chi connectivity index (χ0v) is 20.9. The summed E-state index contributed by atoms with van der Waals surface area (Å²) in [5.74, 6) is 0.112. The van der Waals surface area contributed by atoms with Crippen molar-refractivity contribution in [2.45, 2.75) is 32.7 Å². The maximum Gasteiger partial charge on any atom is 0.321 e. The number of ether oxygens (including phenoxy) is 1. The Morgan fingerprint density at radius 1 is 1.06 bits per heavy atom. The highest BCUT2D eigenvalue weighted by molar-refractivity contribution is 7.10. The topological polar surface area (TPSA) is 84.4 Å². The van der Waals surface area contributed by atoms with Crippen LogP contribution in [0.4, 0.5) is 11.4 Å². The average molecular weight is 499 g/mol. The summed E-state index contributed by atoms with van der Waals surface area (Å²) in [6, 6.07) is 18.9. The Kier molecular flexibility index (Phi) is 6.77. The zero-order chi connectivity index (χ0) is 25.1. The number of rotatable bonds is 6. The summed E-state index contributed by atoms with van der Waals surface area (Å²) in [4.78, 5) is 37.7. The Hall–Kier alpha value is -4.04. The van der Waals surface area contributed by atoms with Gasteiger partial charge in [0.15, 0.2) is 0 Å². The first-order chi connectivity index (χ1) is 17.5. The number of aryl methyl sites for hydroxylation is 2. The van der Waals surface area contributed by atoms with E-state index < -0.39 is 5.92 Å². The number of piperidine rings is 1. The van der Waals surface area contributed by atoms with Crippen LogP contribution in [0.15, 0.2) is 78.4 Å². The molecule has 2 unspecified atom stereocenters. The number of hydrogen-bond donors (Lipinski definition) is 1. The number of nitrogens with zero attached hydrogens (tertiary/aromatic N) is 3. The van der Waals surface area contributed by atoms with E-state index in [-0.39, 0.29) is 23.9 Å². The lowest BCUT2D eigenvalue weighted by Crippen LogP contribution is -2.46. The predicted molar refractivity (Wildman–Crippen MR) is 140 cm³/mol. The van der Waals surface area contributed by atoms with Crippen molar-refractivity contribution in [1.29, 1.82) is 0 Å². The van der Waals surface area contributed by atoms with Crippen LogP contribution in [0.2, 0.25) is 0 Å². The van der Waals surface area contributed by atoms with Gasteiger partial charge in [-0.2, -0.15) is 0 Å². The summed E-state index contributed by atoms with van der Waals surface area (Å²) in [7, 11) is 0. The van der Waals surface area contributed by atoms with Gasteiger partial charge >= 0.3 is 6.01 Å². The second-order valence-corrected chi connectivity index (χ2v) is 9.78. The molecule has 1 saturated heterocycles. The van der Waals surface area contributed by atoms with E-state index in [1.165, 1.54) is 0 Å². The SMILES string of the molecule is Cc1ccc(N2C(=O)CCC(C(=O)Nc3ccc(Oc4ncccn4)cc3C)C2c2cccs2)cc1. The van der Waals surface area contributed by atoms with E-state index in [9.17, 15) is 9.59 Å². The van der Waals surface area contributed by atoms with Crippen LogP contribution in [-0.2, 0) is 9.59 Å². The van der Waals surface area contributed by atoms with Gasteiger partial charge in [0.2, 0.25) is 11.8 Å². The molecule has 2 atom stereocenters. The van der Waals surface area contributed by atoms with E-state index in [1.807, 2.05) is 67.8 Å². The van der Waals surface area contributed by atoms with Crippen molar-refractivity contribution in [2.24, 2.45) is 5.92 Å². The van der Waals surface area contributed by atoms with Gasteiger partial charge in [-0.25, -0.2) is 9.97 Å². The molecular formula is C28H26N4O3S. The first-order valence-corrected chi connectivity index (χ1v) is 12.7. The van der Waals surface area contributed by atoms with Crippen LogP contribution in [-0.4, -0.2) is 21.8 Å². The Balaban J connectivity index is 1.40. The Morgan fingerprint density at radius 2 is 1.83 bits per heavy atom. The first kappa shape index (κ1) is 23.7. The molecule has 4 aromatic rings. The molecule has 0 saturated carbocycles. The molecule has 2 amide bonds. The minimum atomic E-state index is -0.393. The van der Waals surface area contributed by atoms with E-state index in [2.05, 4.69) is 15.3 Å². The fourth-order valence-electron chi connectivity index (χ4n) is 4.47. The van der Waals surface area contributed by atoms with Crippen molar-refractivity contribution < 1.29 is 14.3 Å². The van der Waals surface area contributed by atoms with Gasteiger partial charge in [0.25, 0.3) is 0 Å². The number of hydrogen-bond acceptors (Lipinski definition) is 6. The molecule has 7 nitrogen and oxygen atoms in total. The molecule has 0 spiro atoms. The largest absolute Gasteiger partial charge is 0.424 e. The monoisotopic (exact) mass is 498 g/mol. The number of carbonyl (C=O) groups excluding carboxylic acids is 2. The lowest BCUT2D eigenvalue weighted by Gasteiger charge is -2.40. The fourth-order valence-corrected chi connectivity index (χ4v) is 5.35. The van der Waals surface area contributed by atoms with Gasteiger partial charge in [-0.1, -0.05) is 23.8 Å². The molecule has 0 aliphatic carbocycles. The molecule has 0 bridgehead atoms. The molecule has 1 aliphatic rings. The van der Waals surface area contributed by atoms with E-state index in [4.69, 9.17) is 4.74 Å². The number of aromatic nitrogens is 2. The van der Waals surface area contributed by atoms with Gasteiger partial charge in [-0.05, 0) is 73.7 Å². The van der Waals surface area contributed by atoms with Crippen LogP contribution in [0.1, 0.15) is 34.9 Å². The molecule has 2 aromatic heterocycles. The molecule has 3 heterocycles. The lowest BCUT2D eigenvalue weighted by atomic mass is 9.86. The van der Waals surface area contributed by atoms with Gasteiger partial charge in [0.05, 0.1) is 12.0 Å². The normalized spacial score (nSPS) is 17.6. The molecule has 8 heteroatoms. The smallest absolute Gasteiger partial charge is 0.321 e. The Morgan fingerprint density at radius 3 is 2.53 bits per heavy atom. The summed E-state index contributed by atoms with van der Waals surface area (Å²) < 4.78 is 5.71. The highest BCUT2D eigenvalue weighted by Crippen LogP contribution is 2.42. The average Bonchev–Trinajstić information content (AvgIpc) is 3.41. The number of carbonyl (C=O) groups is 2. The van der Waals surface area contributed by atoms with Crippen molar-refractivity contribution in [3.63, 3.8) is 0 Å². The summed E-state index contributed by atoms with van der Waals surface area (Å²) in [6.07, 6.45) is 4.03. The zero-order valence-electron chi connectivity index (χ0n) is 20.0. The number of nitrogens with one attached hydrogen (secondary N) is 1. The van der Waals surface area contributed by atoms with Gasteiger partial charge in [0.1, 0.15) is 5.75 Å². The number of thiophene rings is 1. The quantitative estimate of drug-likeness (QED) is 0.349. The van der Waals surface area contributed by atoms with Crippen LogP contribution >= 0.6 is 11.3 Å². The summed E-state index contributed by atoms with van der Waals surface area (Å²) in [6.45, 7) is 3.93. The third-order valence-electron chi connectivity index (χ3n) is 6.29. The lowest BCUT2D eigenvalue weighted by molar-refractivity contribution is -0.125. The van der Waals surface area contributed by atoms with Gasteiger partial charge in [-0.15, -0.1) is 11.3 Å². The van der Waals surface area contributed by atoms with Crippen molar-refractivity contribution in [1.82, 2.24) is 9.97 Å². The molecule has 1 aliphatic heterocycles. The Bertz CT molecular complexity index is 1360. The highest BCUT2D eigenvalue weighted by Gasteiger charge is 2.42.